The maximum Gasteiger partial charge on any atom is 0.304 e. The van der Waals surface area contributed by atoms with E-state index in [4.69, 9.17) is 13.9 Å². The minimum Gasteiger partial charge on any atom is -0.412 e. The fourth-order valence-electron chi connectivity index (χ4n) is 1.98. The van der Waals surface area contributed by atoms with Gasteiger partial charge in [-0.1, -0.05) is 43.8 Å². The highest BCUT2D eigenvalue weighted by Gasteiger charge is 2.29. The van der Waals surface area contributed by atoms with Crippen LogP contribution < -0.4 is 0 Å². The van der Waals surface area contributed by atoms with Gasteiger partial charge in [0.2, 0.25) is 0 Å². The number of hydrogen-bond donors (Lipinski definition) is 0. The van der Waals surface area contributed by atoms with Crippen LogP contribution in [-0.4, -0.2) is 36.0 Å². The van der Waals surface area contributed by atoms with Crippen LogP contribution in [0.5, 0.6) is 0 Å². The number of hydrogen-bond acceptors (Lipinski definition) is 3. The first-order chi connectivity index (χ1) is 9.71. The lowest BCUT2D eigenvalue weighted by Gasteiger charge is -2.27. The molecule has 0 saturated heterocycles. The highest BCUT2D eigenvalue weighted by molar-refractivity contribution is 6.31. The highest BCUT2D eigenvalue weighted by Crippen LogP contribution is 2.15. The van der Waals surface area contributed by atoms with Gasteiger partial charge in [-0.2, -0.15) is 0 Å². The monoisotopic (exact) mass is 292 g/mol. The Morgan fingerprint density at radius 2 is 1.95 bits per heavy atom. The van der Waals surface area contributed by atoms with Gasteiger partial charge in [-0.25, -0.2) is 0 Å². The second kappa shape index (κ2) is 9.08. The summed E-state index contributed by atoms with van der Waals surface area (Å²) in [5, 5.41) is 0. The average molecular weight is 292 g/mol. The van der Waals surface area contributed by atoms with E-state index in [0.29, 0.717) is 6.61 Å². The summed E-state index contributed by atoms with van der Waals surface area (Å²) in [7, 11) is 3.51. The molecule has 0 aromatic heterocycles. The predicted octanol–water partition coefficient (Wildman–Crippen LogP) is 3.25. The molecule has 3 nitrogen and oxygen atoms in total. The fourth-order valence-corrected chi connectivity index (χ4v) is 2.76. The van der Waals surface area contributed by atoms with Crippen molar-refractivity contribution in [1.29, 1.82) is 0 Å². The molecule has 1 aromatic rings. The third kappa shape index (κ3) is 4.87. The van der Waals surface area contributed by atoms with Gasteiger partial charge in [0.05, 0.1) is 0 Å². The Balaban J connectivity index is 2.33. The molecule has 0 fully saturated rings. The quantitative estimate of drug-likeness (QED) is 0.376. The van der Waals surface area contributed by atoms with Crippen LogP contribution in [0.3, 0.4) is 0 Å². The second-order valence-corrected chi connectivity index (χ2v) is 5.73. The molecular formula is C16H24O3Si. The van der Waals surface area contributed by atoms with Gasteiger partial charge in [-0.3, -0.25) is 0 Å². The number of ether oxygens (including phenoxy) is 2. The molecule has 0 bridgehead atoms. The van der Waals surface area contributed by atoms with Gasteiger partial charge in [-0.05, 0) is 30.4 Å². The summed E-state index contributed by atoms with van der Waals surface area (Å²) in [5.74, 6) is 0. The van der Waals surface area contributed by atoms with E-state index in [2.05, 4.69) is 24.8 Å². The van der Waals surface area contributed by atoms with Crippen LogP contribution in [0.2, 0.25) is 0 Å². The van der Waals surface area contributed by atoms with E-state index >= 15 is 0 Å². The lowest BCUT2D eigenvalue weighted by molar-refractivity contribution is -0.153. The molecule has 0 N–H and O–H groups in total. The van der Waals surface area contributed by atoms with E-state index in [0.717, 1.165) is 19.3 Å². The molecule has 4 heteroatoms. The van der Waals surface area contributed by atoms with Gasteiger partial charge in [-0.15, -0.1) is 0 Å². The SMILES string of the molecule is C=Cc1ccccc1CCCO[Si]C(CC)(OC)OC. The zero-order valence-corrected chi connectivity index (χ0v) is 13.6. The molecule has 1 rings (SSSR count). The van der Waals surface area contributed by atoms with Crippen LogP contribution in [0.1, 0.15) is 30.9 Å². The van der Waals surface area contributed by atoms with Crippen LogP contribution >= 0.6 is 0 Å². The topological polar surface area (TPSA) is 27.7 Å². The normalized spacial score (nSPS) is 11.6. The number of aryl methyl sites for hydroxylation is 1. The zero-order valence-electron chi connectivity index (χ0n) is 12.6. The van der Waals surface area contributed by atoms with Gasteiger partial charge in [0, 0.05) is 20.8 Å². The van der Waals surface area contributed by atoms with Crippen molar-refractivity contribution in [3.05, 3.63) is 42.0 Å². The molecule has 0 atom stereocenters. The van der Waals surface area contributed by atoms with Gasteiger partial charge >= 0.3 is 9.76 Å². The van der Waals surface area contributed by atoms with E-state index in [-0.39, 0.29) is 9.76 Å². The smallest absolute Gasteiger partial charge is 0.304 e. The maximum absolute atomic E-state index is 5.72. The fraction of sp³-hybridized carbons (Fsp3) is 0.500. The van der Waals surface area contributed by atoms with Gasteiger partial charge in [0.15, 0.2) is 5.41 Å². The largest absolute Gasteiger partial charge is 0.412 e. The zero-order chi connectivity index (χ0) is 14.8. The molecule has 0 saturated carbocycles. The molecule has 0 amide bonds. The van der Waals surface area contributed by atoms with Crippen molar-refractivity contribution in [2.24, 2.45) is 0 Å². The van der Waals surface area contributed by atoms with Crippen molar-refractivity contribution in [2.45, 2.75) is 31.6 Å². The molecule has 1 aromatic carbocycles. The van der Waals surface area contributed by atoms with E-state index < -0.39 is 5.41 Å². The van der Waals surface area contributed by atoms with Crippen molar-refractivity contribution in [3.63, 3.8) is 0 Å². The van der Waals surface area contributed by atoms with Gasteiger partial charge < -0.3 is 13.9 Å². The summed E-state index contributed by atoms with van der Waals surface area (Å²) in [6, 6.07) is 8.32. The lowest BCUT2D eigenvalue weighted by atomic mass is 10.0. The Bertz CT molecular complexity index is 394. The summed E-state index contributed by atoms with van der Waals surface area (Å²) in [6.07, 6.45) is 4.64. The molecule has 0 aliphatic carbocycles. The highest BCUT2D eigenvalue weighted by atomic mass is 28.2. The number of rotatable bonds is 10. The second-order valence-electron chi connectivity index (χ2n) is 4.47. The summed E-state index contributed by atoms with van der Waals surface area (Å²) in [6.45, 7) is 6.58. The molecule has 0 aliphatic rings. The molecule has 110 valence electrons. The number of benzene rings is 1. The molecule has 0 aliphatic heterocycles. The average Bonchev–Trinajstić information content (AvgIpc) is 2.52. The molecule has 0 spiro atoms. The van der Waals surface area contributed by atoms with E-state index in [1.54, 1.807) is 14.2 Å². The van der Waals surface area contributed by atoms with Crippen LogP contribution in [0.25, 0.3) is 6.08 Å². The van der Waals surface area contributed by atoms with Crippen LogP contribution in [0.15, 0.2) is 30.8 Å². The van der Waals surface area contributed by atoms with Crippen molar-refractivity contribution in [3.8, 4) is 0 Å². The Morgan fingerprint density at radius 1 is 1.25 bits per heavy atom. The van der Waals surface area contributed by atoms with Crippen LogP contribution in [-0.2, 0) is 20.3 Å². The Morgan fingerprint density at radius 3 is 2.55 bits per heavy atom. The minimum absolute atomic E-state index is 0.194. The Labute approximate surface area is 124 Å². The minimum atomic E-state index is -0.584. The van der Waals surface area contributed by atoms with Gasteiger partial charge in [0.1, 0.15) is 0 Å². The number of methoxy groups -OCH3 is 2. The van der Waals surface area contributed by atoms with Gasteiger partial charge in [0.25, 0.3) is 0 Å². The predicted molar refractivity (Wildman–Crippen MR) is 83.6 cm³/mol. The van der Waals surface area contributed by atoms with E-state index in [9.17, 15) is 0 Å². The Hall–Kier alpha value is -0.943. The summed E-state index contributed by atoms with van der Waals surface area (Å²) < 4.78 is 16.5. The third-order valence-electron chi connectivity index (χ3n) is 3.32. The molecule has 0 unspecified atom stereocenters. The van der Waals surface area contributed by atoms with Crippen LogP contribution in [0.4, 0.5) is 0 Å². The molecule has 0 heterocycles. The van der Waals surface area contributed by atoms with E-state index in [1.165, 1.54) is 11.1 Å². The van der Waals surface area contributed by atoms with Crippen molar-refractivity contribution in [1.82, 2.24) is 0 Å². The summed E-state index contributed by atoms with van der Waals surface area (Å²) in [5.41, 5.74) is 1.93. The summed E-state index contributed by atoms with van der Waals surface area (Å²) in [4.78, 5) is 0. The summed E-state index contributed by atoms with van der Waals surface area (Å²) >= 11 is 0. The Kier molecular flexibility index (Phi) is 7.77. The lowest BCUT2D eigenvalue weighted by Crippen LogP contribution is -2.41. The van der Waals surface area contributed by atoms with E-state index in [1.807, 2.05) is 19.1 Å². The first-order valence-corrected chi connectivity index (χ1v) is 7.81. The van der Waals surface area contributed by atoms with Crippen molar-refractivity contribution in [2.75, 3.05) is 20.8 Å². The standard InChI is InChI=1S/C16H24O3Si/c1-5-14-10-7-8-11-15(14)12-9-13-19-20-16(6-2,17-3)18-4/h5,7-8,10-11H,1,6,9,12-13H2,2-4H3. The van der Waals surface area contributed by atoms with Crippen molar-refractivity contribution >= 4 is 15.8 Å². The molecular weight excluding hydrogens is 268 g/mol. The first-order valence-electron chi connectivity index (χ1n) is 6.91. The first kappa shape index (κ1) is 17.1. The maximum atomic E-state index is 5.72. The molecule has 20 heavy (non-hydrogen) atoms. The molecule has 2 radical (unpaired) electrons. The van der Waals surface area contributed by atoms with Crippen molar-refractivity contribution < 1.29 is 13.9 Å². The van der Waals surface area contributed by atoms with Crippen LogP contribution in [0, 0.1) is 0 Å². The third-order valence-corrected chi connectivity index (χ3v) is 4.74.